The van der Waals surface area contributed by atoms with Crippen LogP contribution in [0.25, 0.3) is 11.1 Å². The van der Waals surface area contributed by atoms with E-state index in [1.165, 1.54) is 12.1 Å². The Labute approximate surface area is 140 Å². The van der Waals surface area contributed by atoms with E-state index in [1.54, 1.807) is 12.1 Å². The number of rotatable bonds is 2. The molecule has 0 aliphatic heterocycles. The van der Waals surface area contributed by atoms with Gasteiger partial charge in [-0.15, -0.1) is 0 Å². The summed E-state index contributed by atoms with van der Waals surface area (Å²) in [5, 5.41) is 20.7. The van der Waals surface area contributed by atoms with Crippen LogP contribution in [0.5, 0.6) is 0 Å². The molecule has 0 unspecified atom stereocenters. The second kappa shape index (κ2) is 6.67. The number of anilines is 1. The molecule has 0 atom stereocenters. The van der Waals surface area contributed by atoms with Crippen molar-refractivity contribution in [3.8, 4) is 17.2 Å². The number of nitrogens with zero attached hydrogens (tertiary/aromatic N) is 3. The topological polar surface area (TPSA) is 106 Å². The Balaban J connectivity index is 2.27. The number of hydrogen-bond acceptors (Lipinski definition) is 5. The van der Waals surface area contributed by atoms with Crippen LogP contribution in [0.15, 0.2) is 24.3 Å². The van der Waals surface area contributed by atoms with Gasteiger partial charge in [0.1, 0.15) is 17.5 Å². The van der Waals surface area contributed by atoms with Crippen LogP contribution in [0.2, 0.25) is 0 Å². The predicted octanol–water partition coefficient (Wildman–Crippen LogP) is 3.77. The van der Waals surface area contributed by atoms with Gasteiger partial charge in [-0.3, -0.25) is 10.1 Å². The van der Waals surface area contributed by atoms with Gasteiger partial charge in [-0.2, -0.15) is 5.26 Å². The lowest BCUT2D eigenvalue weighted by Crippen LogP contribution is -2.10. The Bertz CT molecular complexity index is 840. The van der Waals surface area contributed by atoms with Gasteiger partial charge in [0.25, 0.3) is 5.69 Å². The van der Waals surface area contributed by atoms with E-state index in [0.29, 0.717) is 16.7 Å². The summed E-state index contributed by atoms with van der Waals surface area (Å²) in [4.78, 5) is 15.1. The Morgan fingerprint density at radius 3 is 2.67 bits per heavy atom. The zero-order chi connectivity index (χ0) is 17.1. The minimum Gasteiger partial charge on any atom is -0.383 e. The number of benzene rings is 1. The fourth-order valence-corrected chi connectivity index (χ4v) is 3.32. The lowest BCUT2D eigenvalue weighted by atomic mass is 9.88. The largest absolute Gasteiger partial charge is 0.383 e. The van der Waals surface area contributed by atoms with Gasteiger partial charge in [0.05, 0.1) is 4.92 Å². The maximum absolute atomic E-state index is 11.1. The maximum atomic E-state index is 11.1. The molecule has 1 heterocycles. The highest BCUT2D eigenvalue weighted by Gasteiger charge is 2.21. The van der Waals surface area contributed by atoms with Crippen molar-refractivity contribution in [3.63, 3.8) is 0 Å². The number of aromatic nitrogens is 1. The first kappa shape index (κ1) is 15.9. The molecule has 6 nitrogen and oxygen atoms in total. The number of nitriles is 1. The molecular weight excluding hydrogens is 304 g/mol. The first-order chi connectivity index (χ1) is 11.6. The SMILES string of the molecule is N#Cc1c(N)nc2c(c1-c1cccc([N+](=O)[O-])c1)CCCCCC2. The molecule has 2 N–H and O–H groups in total. The summed E-state index contributed by atoms with van der Waals surface area (Å²) < 4.78 is 0. The first-order valence-electron chi connectivity index (χ1n) is 8.08. The van der Waals surface area contributed by atoms with Crippen molar-refractivity contribution < 1.29 is 4.92 Å². The van der Waals surface area contributed by atoms with E-state index in [9.17, 15) is 15.4 Å². The third-order valence-corrected chi connectivity index (χ3v) is 4.46. The quantitative estimate of drug-likeness (QED) is 0.669. The highest BCUT2D eigenvalue weighted by atomic mass is 16.6. The summed E-state index contributed by atoms with van der Waals surface area (Å²) in [6, 6.07) is 8.53. The van der Waals surface area contributed by atoms with Crippen molar-refractivity contribution in [1.29, 1.82) is 5.26 Å². The molecule has 122 valence electrons. The molecule has 3 rings (SSSR count). The molecule has 6 heteroatoms. The van der Waals surface area contributed by atoms with Gasteiger partial charge in [-0.25, -0.2) is 4.98 Å². The summed E-state index contributed by atoms with van der Waals surface area (Å²) in [5.74, 6) is 0.207. The number of non-ortho nitro benzene ring substituents is 1. The van der Waals surface area contributed by atoms with Crippen molar-refractivity contribution >= 4 is 11.5 Å². The van der Waals surface area contributed by atoms with Crippen molar-refractivity contribution in [2.45, 2.75) is 38.5 Å². The van der Waals surface area contributed by atoms with E-state index in [1.807, 2.05) is 0 Å². The average molecular weight is 322 g/mol. The zero-order valence-corrected chi connectivity index (χ0v) is 13.3. The molecule has 0 fully saturated rings. The number of aryl methyl sites for hydroxylation is 1. The van der Waals surface area contributed by atoms with Gasteiger partial charge >= 0.3 is 0 Å². The molecule has 1 aromatic carbocycles. The van der Waals surface area contributed by atoms with Crippen LogP contribution in [0, 0.1) is 21.4 Å². The van der Waals surface area contributed by atoms with Crippen molar-refractivity contribution in [3.05, 3.63) is 51.2 Å². The summed E-state index contributed by atoms with van der Waals surface area (Å²) in [6.45, 7) is 0. The Morgan fingerprint density at radius 2 is 1.96 bits per heavy atom. The zero-order valence-electron chi connectivity index (χ0n) is 13.3. The standard InChI is InChI=1S/C18H18N4O2/c19-11-15-17(12-6-5-7-13(10-12)22(23)24)14-8-3-1-2-4-9-16(14)21-18(15)20/h5-7,10H,1-4,8-9H2,(H2,20,21). The predicted molar refractivity (Wildman–Crippen MR) is 91.3 cm³/mol. The lowest BCUT2D eigenvalue weighted by molar-refractivity contribution is -0.384. The lowest BCUT2D eigenvalue weighted by Gasteiger charge is -2.19. The average Bonchev–Trinajstić information content (AvgIpc) is 2.55. The van der Waals surface area contributed by atoms with Crippen LogP contribution in [0.3, 0.4) is 0 Å². The normalized spacial score (nSPS) is 14.1. The van der Waals surface area contributed by atoms with Crippen molar-refractivity contribution in [1.82, 2.24) is 4.98 Å². The van der Waals surface area contributed by atoms with E-state index in [0.717, 1.165) is 49.8 Å². The number of fused-ring (bicyclic) bond motifs is 1. The third-order valence-electron chi connectivity index (χ3n) is 4.46. The summed E-state index contributed by atoms with van der Waals surface area (Å²) in [7, 11) is 0. The Kier molecular flexibility index (Phi) is 4.43. The monoisotopic (exact) mass is 322 g/mol. The van der Waals surface area contributed by atoms with Gasteiger partial charge in [0.15, 0.2) is 0 Å². The molecule has 1 aromatic heterocycles. The summed E-state index contributed by atoms with van der Waals surface area (Å²) in [6.07, 6.45) is 6.00. The highest BCUT2D eigenvalue weighted by molar-refractivity contribution is 5.80. The van der Waals surface area contributed by atoms with Gasteiger partial charge in [-0.05, 0) is 36.8 Å². The third kappa shape index (κ3) is 2.93. The van der Waals surface area contributed by atoms with E-state index in [-0.39, 0.29) is 11.5 Å². The van der Waals surface area contributed by atoms with Gasteiger partial charge in [0, 0.05) is 23.4 Å². The molecule has 0 amide bonds. The minimum absolute atomic E-state index is 0.00590. The molecular formula is C18H18N4O2. The fraction of sp³-hybridized carbons (Fsp3) is 0.333. The molecule has 1 aliphatic carbocycles. The molecule has 1 aliphatic rings. The van der Waals surface area contributed by atoms with Crippen LogP contribution in [0.4, 0.5) is 11.5 Å². The van der Waals surface area contributed by atoms with Gasteiger partial charge in [0.2, 0.25) is 0 Å². The summed E-state index contributed by atoms with van der Waals surface area (Å²) in [5.41, 5.74) is 9.65. The first-order valence-corrected chi connectivity index (χ1v) is 8.08. The second-order valence-corrected chi connectivity index (χ2v) is 6.01. The number of nitrogen functional groups attached to an aromatic ring is 1. The number of pyridine rings is 1. The number of hydrogen-bond donors (Lipinski definition) is 1. The van der Waals surface area contributed by atoms with E-state index < -0.39 is 4.92 Å². The molecule has 0 saturated carbocycles. The maximum Gasteiger partial charge on any atom is 0.270 e. The van der Waals surface area contributed by atoms with Gasteiger partial charge in [-0.1, -0.05) is 25.0 Å². The Hall–Kier alpha value is -2.94. The summed E-state index contributed by atoms with van der Waals surface area (Å²) >= 11 is 0. The van der Waals surface area contributed by atoms with Crippen LogP contribution < -0.4 is 5.73 Å². The number of nitro benzene ring substituents is 1. The molecule has 0 saturated heterocycles. The van der Waals surface area contributed by atoms with Crippen LogP contribution in [-0.2, 0) is 12.8 Å². The van der Waals surface area contributed by atoms with Gasteiger partial charge < -0.3 is 5.73 Å². The number of nitro groups is 1. The molecule has 0 radical (unpaired) electrons. The minimum atomic E-state index is -0.427. The van der Waals surface area contributed by atoms with E-state index >= 15 is 0 Å². The van der Waals surface area contributed by atoms with E-state index in [4.69, 9.17) is 5.73 Å². The van der Waals surface area contributed by atoms with E-state index in [2.05, 4.69) is 11.1 Å². The Morgan fingerprint density at radius 1 is 1.21 bits per heavy atom. The highest BCUT2D eigenvalue weighted by Crippen LogP contribution is 2.36. The molecule has 0 bridgehead atoms. The van der Waals surface area contributed by atoms with Crippen LogP contribution in [-0.4, -0.2) is 9.91 Å². The van der Waals surface area contributed by atoms with Crippen molar-refractivity contribution in [2.75, 3.05) is 5.73 Å². The van der Waals surface area contributed by atoms with Crippen molar-refractivity contribution in [2.24, 2.45) is 0 Å². The van der Waals surface area contributed by atoms with Crippen LogP contribution in [0.1, 0.15) is 42.5 Å². The molecule has 0 spiro atoms. The molecule has 24 heavy (non-hydrogen) atoms. The fourth-order valence-electron chi connectivity index (χ4n) is 3.32. The number of nitrogens with two attached hydrogens (primary N) is 1. The second-order valence-electron chi connectivity index (χ2n) is 6.01. The smallest absolute Gasteiger partial charge is 0.270 e. The molecule has 2 aromatic rings. The van der Waals surface area contributed by atoms with Crippen LogP contribution >= 0.6 is 0 Å².